The van der Waals surface area contributed by atoms with Crippen LogP contribution in [0.3, 0.4) is 0 Å². The van der Waals surface area contributed by atoms with E-state index in [1.165, 1.54) is 5.57 Å². The maximum atomic E-state index is 12.5. The van der Waals surface area contributed by atoms with Gasteiger partial charge < -0.3 is 5.32 Å². The van der Waals surface area contributed by atoms with Gasteiger partial charge >= 0.3 is 0 Å². The lowest BCUT2D eigenvalue weighted by Gasteiger charge is -2.22. The number of hydrogen-bond acceptors (Lipinski definition) is 7. The van der Waals surface area contributed by atoms with Crippen molar-refractivity contribution in [1.29, 1.82) is 0 Å². The van der Waals surface area contributed by atoms with Crippen LogP contribution in [0.5, 0.6) is 0 Å². The number of fused-ring (bicyclic) bond motifs is 2. The molecule has 0 fully saturated rings. The molecule has 0 aliphatic heterocycles. The minimum atomic E-state index is -2.47. The Morgan fingerprint density at radius 1 is 1.14 bits per heavy atom. The van der Waals surface area contributed by atoms with E-state index in [2.05, 4.69) is 37.7 Å². The van der Waals surface area contributed by atoms with Crippen LogP contribution in [0.25, 0.3) is 26.0 Å². The van der Waals surface area contributed by atoms with Gasteiger partial charge in [0.15, 0.2) is 0 Å². The molecule has 4 aromatic rings. The molecule has 3 heterocycles. The molecule has 5 rings (SSSR count). The predicted molar refractivity (Wildman–Crippen MR) is 115 cm³/mol. The topological polar surface area (TPSA) is 62.7 Å². The fourth-order valence-corrected chi connectivity index (χ4v) is 5.30. The van der Waals surface area contributed by atoms with Gasteiger partial charge in [0, 0.05) is 16.6 Å². The predicted octanol–water partition coefficient (Wildman–Crippen LogP) is 5.79. The Hall–Kier alpha value is -2.49. The van der Waals surface area contributed by atoms with E-state index in [0.29, 0.717) is 12.8 Å². The third-order valence-electron chi connectivity index (χ3n) is 5.01. The molecule has 0 bridgehead atoms. The highest BCUT2D eigenvalue weighted by molar-refractivity contribution is 7.19. The van der Waals surface area contributed by atoms with Crippen LogP contribution >= 0.6 is 22.7 Å². The van der Waals surface area contributed by atoms with Gasteiger partial charge in [0.1, 0.15) is 17.0 Å². The van der Waals surface area contributed by atoms with Crippen molar-refractivity contribution in [2.24, 2.45) is 0 Å². The molecule has 0 spiro atoms. The number of rotatable bonds is 5. The van der Waals surface area contributed by atoms with Crippen molar-refractivity contribution >= 4 is 60.2 Å². The second-order valence-electron chi connectivity index (χ2n) is 6.88. The zero-order chi connectivity index (χ0) is 19.8. The Balaban J connectivity index is 1.41. The lowest BCUT2D eigenvalue weighted by molar-refractivity contribution is 0.0907. The molecule has 0 amide bonds. The Morgan fingerprint density at radius 3 is 2.90 bits per heavy atom. The lowest BCUT2D eigenvalue weighted by atomic mass is 9.94. The quantitative estimate of drug-likeness (QED) is 0.393. The molecule has 0 radical (unpaired) electrons. The SMILES string of the molecule is FC(F)NC1CC=C(c2cc3c(Nc4ccc5scnc5c4)ncnc3s2)CC1. The summed E-state index contributed by atoms with van der Waals surface area (Å²) in [5.74, 6) is 0.751. The zero-order valence-corrected chi connectivity index (χ0v) is 16.9. The number of hydrogen-bond donors (Lipinski definition) is 2. The van der Waals surface area contributed by atoms with Gasteiger partial charge in [-0.15, -0.1) is 22.7 Å². The maximum Gasteiger partial charge on any atom is 0.292 e. The number of thiazole rings is 1. The van der Waals surface area contributed by atoms with Gasteiger partial charge in [-0.1, -0.05) is 6.08 Å². The monoisotopic (exact) mass is 429 g/mol. The summed E-state index contributed by atoms with van der Waals surface area (Å²) < 4.78 is 26.2. The van der Waals surface area contributed by atoms with E-state index in [4.69, 9.17) is 0 Å². The van der Waals surface area contributed by atoms with Crippen LogP contribution in [0.1, 0.15) is 24.1 Å². The fraction of sp³-hybridized carbons (Fsp3) is 0.250. The van der Waals surface area contributed by atoms with Crippen molar-refractivity contribution in [3.05, 3.63) is 47.1 Å². The van der Waals surface area contributed by atoms with Gasteiger partial charge in [0.05, 0.1) is 21.1 Å². The number of nitrogens with one attached hydrogen (secondary N) is 2. The van der Waals surface area contributed by atoms with Gasteiger partial charge in [0.2, 0.25) is 0 Å². The van der Waals surface area contributed by atoms with E-state index in [1.54, 1.807) is 29.0 Å². The second kappa shape index (κ2) is 7.74. The zero-order valence-electron chi connectivity index (χ0n) is 15.2. The summed E-state index contributed by atoms with van der Waals surface area (Å²) in [6.07, 6.45) is 5.70. The van der Waals surface area contributed by atoms with Gasteiger partial charge in [0.25, 0.3) is 6.55 Å². The summed E-state index contributed by atoms with van der Waals surface area (Å²) in [4.78, 5) is 15.2. The number of aromatic nitrogens is 3. The van der Waals surface area contributed by atoms with E-state index < -0.39 is 6.55 Å². The van der Waals surface area contributed by atoms with Crippen LogP contribution in [0.4, 0.5) is 20.3 Å². The van der Waals surface area contributed by atoms with Crippen molar-refractivity contribution < 1.29 is 8.78 Å². The van der Waals surface area contributed by atoms with Crippen molar-refractivity contribution in [1.82, 2.24) is 20.3 Å². The minimum absolute atomic E-state index is 0.161. The highest BCUT2D eigenvalue weighted by Crippen LogP contribution is 2.37. The molecule has 1 aliphatic rings. The van der Waals surface area contributed by atoms with Crippen molar-refractivity contribution in [3.8, 4) is 0 Å². The summed E-state index contributed by atoms with van der Waals surface area (Å²) in [7, 11) is 0. The number of alkyl halides is 2. The van der Waals surface area contributed by atoms with Gasteiger partial charge in [-0.25, -0.2) is 15.0 Å². The molecule has 0 saturated carbocycles. The minimum Gasteiger partial charge on any atom is -0.340 e. The van der Waals surface area contributed by atoms with Crippen molar-refractivity contribution in [3.63, 3.8) is 0 Å². The van der Waals surface area contributed by atoms with Crippen LogP contribution in [0.2, 0.25) is 0 Å². The Bertz CT molecular complexity index is 1200. The molecular weight excluding hydrogens is 412 g/mol. The average molecular weight is 430 g/mol. The lowest BCUT2D eigenvalue weighted by Crippen LogP contribution is -2.34. The molecular formula is C20H17F2N5S2. The number of halogens is 2. The third-order valence-corrected chi connectivity index (χ3v) is 6.94. The van der Waals surface area contributed by atoms with E-state index in [-0.39, 0.29) is 6.04 Å². The molecule has 5 nitrogen and oxygen atoms in total. The molecule has 148 valence electrons. The van der Waals surface area contributed by atoms with Crippen molar-refractivity contribution in [2.75, 3.05) is 5.32 Å². The number of nitrogens with zero attached hydrogens (tertiary/aromatic N) is 3. The van der Waals surface area contributed by atoms with Crippen molar-refractivity contribution in [2.45, 2.75) is 31.9 Å². The highest BCUT2D eigenvalue weighted by Gasteiger charge is 2.20. The summed E-state index contributed by atoms with van der Waals surface area (Å²) in [5, 5.41) is 6.66. The van der Waals surface area contributed by atoms with E-state index in [1.807, 2.05) is 23.7 Å². The summed E-state index contributed by atoms with van der Waals surface area (Å²) >= 11 is 3.22. The second-order valence-corrected chi connectivity index (χ2v) is 8.80. The van der Waals surface area contributed by atoms with Crippen LogP contribution in [-0.2, 0) is 0 Å². The first-order valence-electron chi connectivity index (χ1n) is 9.24. The molecule has 1 unspecified atom stereocenters. The van der Waals surface area contributed by atoms with E-state index >= 15 is 0 Å². The molecule has 29 heavy (non-hydrogen) atoms. The standard InChI is InChI=1S/C20H17F2N5S2/c21-20(22)27-12-3-1-11(2-4-12)17-8-14-18(23-9-24-19(14)29-17)26-13-5-6-16-15(7-13)25-10-28-16/h1,5-10,12,20,27H,2-4H2,(H,23,24,26). The van der Waals surface area contributed by atoms with Crippen LogP contribution in [-0.4, -0.2) is 27.5 Å². The number of allylic oxidation sites excluding steroid dienone is 1. The molecule has 0 saturated heterocycles. The normalized spacial score (nSPS) is 17.2. The Kier molecular flexibility index (Phi) is 4.94. The van der Waals surface area contributed by atoms with Gasteiger partial charge in [-0.3, -0.25) is 5.32 Å². The third kappa shape index (κ3) is 3.85. The number of anilines is 2. The van der Waals surface area contributed by atoms with Gasteiger partial charge in [-0.05, 0) is 49.1 Å². The van der Waals surface area contributed by atoms with E-state index in [0.717, 1.165) is 43.2 Å². The molecule has 1 atom stereocenters. The van der Waals surface area contributed by atoms with Gasteiger partial charge in [-0.2, -0.15) is 8.78 Å². The first kappa shape index (κ1) is 18.5. The summed E-state index contributed by atoms with van der Waals surface area (Å²) in [5.41, 5.74) is 4.90. The first-order valence-corrected chi connectivity index (χ1v) is 10.9. The molecule has 9 heteroatoms. The number of thiophene rings is 1. The summed E-state index contributed by atoms with van der Waals surface area (Å²) in [6.45, 7) is -2.47. The molecule has 3 aromatic heterocycles. The molecule has 1 aliphatic carbocycles. The average Bonchev–Trinajstić information content (AvgIpc) is 3.35. The van der Waals surface area contributed by atoms with Crippen LogP contribution in [0, 0.1) is 0 Å². The smallest absolute Gasteiger partial charge is 0.292 e. The fourth-order valence-electron chi connectivity index (χ4n) is 3.57. The molecule has 2 N–H and O–H groups in total. The Morgan fingerprint density at radius 2 is 2.07 bits per heavy atom. The highest BCUT2D eigenvalue weighted by atomic mass is 32.1. The first-order chi connectivity index (χ1) is 14.2. The van der Waals surface area contributed by atoms with E-state index in [9.17, 15) is 8.78 Å². The summed E-state index contributed by atoms with van der Waals surface area (Å²) in [6, 6.07) is 8.00. The van der Waals surface area contributed by atoms with Crippen LogP contribution in [0.15, 0.2) is 42.2 Å². The Labute approximate surface area is 173 Å². The largest absolute Gasteiger partial charge is 0.340 e. The van der Waals surface area contributed by atoms with Crippen LogP contribution < -0.4 is 10.6 Å². The number of benzene rings is 1. The molecule has 1 aromatic carbocycles. The maximum absolute atomic E-state index is 12.5.